The molecule has 0 bridgehead atoms. The van der Waals surface area contributed by atoms with Crippen LogP contribution in [0.15, 0.2) is 24.8 Å². The molecule has 134 valence electrons. The third-order valence-corrected chi connectivity index (χ3v) is 5.66. The molecule has 1 aromatic rings. The molecule has 1 atom stereocenters. The first-order chi connectivity index (χ1) is 11.9. The van der Waals surface area contributed by atoms with Gasteiger partial charge in [-0.2, -0.15) is 0 Å². The second kappa shape index (κ2) is 6.93. The van der Waals surface area contributed by atoms with Crippen LogP contribution in [-0.2, 0) is 14.3 Å². The van der Waals surface area contributed by atoms with Crippen molar-refractivity contribution < 1.29 is 14.3 Å². The molecule has 4 nitrogen and oxygen atoms in total. The van der Waals surface area contributed by atoms with E-state index in [0.717, 1.165) is 29.5 Å². The quantitative estimate of drug-likeness (QED) is 0.658. The van der Waals surface area contributed by atoms with Crippen LogP contribution in [0.1, 0.15) is 48.3 Å². The Bertz CT molecular complexity index is 697. The second-order valence-electron chi connectivity index (χ2n) is 7.14. The van der Waals surface area contributed by atoms with Crippen LogP contribution in [0, 0.1) is 13.8 Å². The van der Waals surface area contributed by atoms with Gasteiger partial charge in [-0.05, 0) is 68.4 Å². The van der Waals surface area contributed by atoms with E-state index in [0.29, 0.717) is 24.5 Å². The Balaban J connectivity index is 1.83. The summed E-state index contributed by atoms with van der Waals surface area (Å²) >= 11 is 6.10. The average Bonchev–Trinajstić information content (AvgIpc) is 2.78. The highest BCUT2D eigenvalue weighted by atomic mass is 35.5. The lowest BCUT2D eigenvalue weighted by Crippen LogP contribution is -2.50. The highest BCUT2D eigenvalue weighted by Crippen LogP contribution is 2.41. The van der Waals surface area contributed by atoms with Crippen molar-refractivity contribution in [1.82, 2.24) is 5.32 Å². The van der Waals surface area contributed by atoms with Gasteiger partial charge in [0.25, 0.3) is 0 Å². The number of amides is 1. The fourth-order valence-electron chi connectivity index (χ4n) is 4.23. The van der Waals surface area contributed by atoms with Gasteiger partial charge in [0.15, 0.2) is 5.78 Å². The monoisotopic (exact) mass is 361 g/mol. The molecule has 1 saturated heterocycles. The van der Waals surface area contributed by atoms with Gasteiger partial charge in [-0.3, -0.25) is 9.59 Å². The van der Waals surface area contributed by atoms with Gasteiger partial charge >= 0.3 is 0 Å². The molecule has 1 saturated carbocycles. The van der Waals surface area contributed by atoms with Gasteiger partial charge in [0.1, 0.15) is 5.92 Å². The molecule has 2 fully saturated rings. The van der Waals surface area contributed by atoms with Crippen LogP contribution >= 0.6 is 11.6 Å². The zero-order valence-electron chi connectivity index (χ0n) is 14.7. The largest absolute Gasteiger partial charge is 0.374 e. The molecule has 0 radical (unpaired) electrons. The third kappa shape index (κ3) is 3.25. The number of ketones is 1. The molecule has 1 heterocycles. The van der Waals surface area contributed by atoms with Gasteiger partial charge in [-0.15, -0.1) is 6.58 Å². The maximum absolute atomic E-state index is 13.2. The number of Topliss-reactive ketones (excluding diaryl/α,β-unsaturated/α-hetero) is 1. The number of ether oxygens (including phenoxy) is 1. The first-order valence-corrected chi connectivity index (χ1v) is 9.11. The van der Waals surface area contributed by atoms with E-state index in [2.05, 4.69) is 11.9 Å². The number of hydrogen-bond donors (Lipinski definition) is 1. The summed E-state index contributed by atoms with van der Waals surface area (Å²) in [5, 5.41) is 3.64. The number of benzene rings is 1. The van der Waals surface area contributed by atoms with Gasteiger partial charge in [0.2, 0.25) is 5.91 Å². The number of hydrogen-bond acceptors (Lipinski definition) is 3. The van der Waals surface area contributed by atoms with Crippen LogP contribution in [-0.4, -0.2) is 29.9 Å². The molecule has 1 aliphatic heterocycles. The Morgan fingerprint density at radius 2 is 1.88 bits per heavy atom. The number of nitrogens with one attached hydrogen (secondary N) is 1. The molecular formula is C20H24ClNO3. The van der Waals surface area contributed by atoms with E-state index in [-0.39, 0.29) is 17.8 Å². The van der Waals surface area contributed by atoms with Crippen LogP contribution in [0.2, 0.25) is 5.02 Å². The summed E-state index contributed by atoms with van der Waals surface area (Å²) in [7, 11) is 0. The maximum atomic E-state index is 13.2. The average molecular weight is 362 g/mol. The highest BCUT2D eigenvalue weighted by molar-refractivity contribution is 6.30. The Hall–Kier alpha value is -1.65. The topological polar surface area (TPSA) is 55.4 Å². The molecule has 5 heteroatoms. The Kier molecular flexibility index (Phi) is 5.03. The summed E-state index contributed by atoms with van der Waals surface area (Å²) in [6, 6.07) is 3.63. The minimum atomic E-state index is -0.742. The summed E-state index contributed by atoms with van der Waals surface area (Å²) in [6.07, 6.45) is 4.65. The van der Waals surface area contributed by atoms with Crippen molar-refractivity contribution in [3.63, 3.8) is 0 Å². The van der Waals surface area contributed by atoms with Crippen LogP contribution in [0.4, 0.5) is 0 Å². The first-order valence-electron chi connectivity index (χ1n) is 8.73. The van der Waals surface area contributed by atoms with Crippen LogP contribution in [0.5, 0.6) is 0 Å². The van der Waals surface area contributed by atoms with Crippen molar-refractivity contribution in [2.75, 3.05) is 6.61 Å². The van der Waals surface area contributed by atoms with Gasteiger partial charge in [0.05, 0.1) is 18.2 Å². The second-order valence-corrected chi connectivity index (χ2v) is 7.58. The van der Waals surface area contributed by atoms with Gasteiger partial charge < -0.3 is 10.1 Å². The zero-order chi connectivity index (χ0) is 18.2. The molecule has 1 amide bonds. The van der Waals surface area contributed by atoms with Gasteiger partial charge in [-0.1, -0.05) is 17.7 Å². The minimum Gasteiger partial charge on any atom is -0.374 e. The zero-order valence-corrected chi connectivity index (χ0v) is 15.5. The Morgan fingerprint density at radius 3 is 2.44 bits per heavy atom. The molecule has 1 spiro atoms. The molecule has 1 aromatic carbocycles. The SMILES string of the molecule is C=CCOC1CCC2(CC1)NC(=O)C(c1c(C)cc(Cl)cc1C)C2=O. The predicted octanol–water partition coefficient (Wildman–Crippen LogP) is 3.62. The van der Waals surface area contributed by atoms with E-state index in [1.165, 1.54) is 0 Å². The standard InChI is InChI=1S/C20H24ClNO3/c1-4-9-25-15-5-7-20(8-6-15)18(23)17(19(24)22-20)16-12(2)10-14(21)11-13(16)3/h4,10-11,15,17H,1,5-9H2,2-3H3,(H,22,24). The van der Waals surface area contributed by atoms with Crippen molar-refractivity contribution in [3.05, 3.63) is 46.5 Å². The van der Waals surface area contributed by atoms with Crippen LogP contribution in [0.25, 0.3) is 0 Å². The molecule has 1 aliphatic carbocycles. The number of rotatable bonds is 4. The number of carbonyl (C=O) groups is 2. The van der Waals surface area contributed by atoms with Crippen molar-refractivity contribution in [2.45, 2.75) is 57.1 Å². The first kappa shape index (κ1) is 18.2. The predicted molar refractivity (Wildman–Crippen MR) is 98.0 cm³/mol. The van der Waals surface area contributed by atoms with E-state index < -0.39 is 11.5 Å². The summed E-state index contributed by atoms with van der Waals surface area (Å²) in [6.45, 7) is 7.98. The normalized spacial score (nSPS) is 29.1. The van der Waals surface area contributed by atoms with Crippen molar-refractivity contribution >= 4 is 23.3 Å². The Labute approximate surface area is 153 Å². The van der Waals surface area contributed by atoms with E-state index in [9.17, 15) is 9.59 Å². The fraction of sp³-hybridized carbons (Fsp3) is 0.500. The van der Waals surface area contributed by atoms with Crippen molar-refractivity contribution in [3.8, 4) is 0 Å². The number of aryl methyl sites for hydroxylation is 2. The molecule has 0 aromatic heterocycles. The molecule has 2 aliphatic rings. The highest BCUT2D eigenvalue weighted by Gasteiger charge is 2.54. The molecule has 25 heavy (non-hydrogen) atoms. The van der Waals surface area contributed by atoms with E-state index >= 15 is 0 Å². The lowest BCUT2D eigenvalue weighted by Gasteiger charge is -2.35. The molecule has 1 unspecified atom stereocenters. The number of halogens is 1. The summed E-state index contributed by atoms with van der Waals surface area (Å²) in [4.78, 5) is 25.9. The van der Waals surface area contributed by atoms with Crippen LogP contribution < -0.4 is 5.32 Å². The summed E-state index contributed by atoms with van der Waals surface area (Å²) in [5.41, 5.74) is 1.83. The van der Waals surface area contributed by atoms with E-state index in [4.69, 9.17) is 16.3 Å². The maximum Gasteiger partial charge on any atom is 0.235 e. The van der Waals surface area contributed by atoms with E-state index in [1.54, 1.807) is 6.08 Å². The molecular weight excluding hydrogens is 338 g/mol. The lowest BCUT2D eigenvalue weighted by atomic mass is 9.75. The van der Waals surface area contributed by atoms with Crippen molar-refractivity contribution in [2.24, 2.45) is 0 Å². The van der Waals surface area contributed by atoms with Gasteiger partial charge in [-0.25, -0.2) is 0 Å². The van der Waals surface area contributed by atoms with Gasteiger partial charge in [0, 0.05) is 5.02 Å². The van der Waals surface area contributed by atoms with Crippen LogP contribution in [0.3, 0.4) is 0 Å². The smallest absolute Gasteiger partial charge is 0.235 e. The third-order valence-electron chi connectivity index (χ3n) is 5.44. The fourth-order valence-corrected chi connectivity index (χ4v) is 4.56. The minimum absolute atomic E-state index is 0.00630. The Morgan fingerprint density at radius 1 is 1.28 bits per heavy atom. The van der Waals surface area contributed by atoms with Crippen molar-refractivity contribution in [1.29, 1.82) is 0 Å². The lowest BCUT2D eigenvalue weighted by molar-refractivity contribution is -0.126. The summed E-state index contributed by atoms with van der Waals surface area (Å²) < 4.78 is 5.70. The summed E-state index contributed by atoms with van der Waals surface area (Å²) in [5.74, 6) is -0.930. The number of carbonyl (C=O) groups excluding carboxylic acids is 2. The molecule has 3 rings (SSSR count). The van der Waals surface area contributed by atoms with E-state index in [1.807, 2.05) is 26.0 Å². The molecule has 1 N–H and O–H groups in total.